The molecule has 0 heterocycles. The van der Waals surface area contributed by atoms with E-state index in [9.17, 15) is 4.79 Å². The van der Waals surface area contributed by atoms with Gasteiger partial charge in [0, 0.05) is 0 Å². The number of rotatable bonds is 7. The van der Waals surface area contributed by atoms with E-state index < -0.39 is 0 Å². The van der Waals surface area contributed by atoms with Crippen molar-refractivity contribution in [2.75, 3.05) is 13.7 Å². The smallest absolute Gasteiger partial charge is 0.277 e. The zero-order valence-electron chi connectivity index (χ0n) is 15.9. The first-order chi connectivity index (χ1) is 13.7. The van der Waals surface area contributed by atoms with Crippen molar-refractivity contribution in [3.63, 3.8) is 0 Å². The average molecular weight is 374 g/mol. The lowest BCUT2D eigenvalue weighted by atomic mass is 10.0. The third-order valence-corrected chi connectivity index (χ3v) is 4.19. The number of amides is 1. The fraction of sp³-hybridized carbons (Fsp3) is 0.130. The maximum absolute atomic E-state index is 12.0. The largest absolute Gasteiger partial charge is 0.493 e. The minimum absolute atomic E-state index is 0.149. The van der Waals surface area contributed by atoms with E-state index >= 15 is 0 Å². The maximum Gasteiger partial charge on any atom is 0.277 e. The van der Waals surface area contributed by atoms with E-state index in [-0.39, 0.29) is 12.5 Å². The summed E-state index contributed by atoms with van der Waals surface area (Å²) in [5, 5.41) is 4.16. The zero-order valence-corrected chi connectivity index (χ0v) is 15.9. The SMILES string of the molecule is COc1ccccc1OCC(=O)NN=C(C)c1ccc(-c2ccccc2)cc1. The van der Waals surface area contributed by atoms with Crippen LogP contribution in [0.4, 0.5) is 0 Å². The van der Waals surface area contributed by atoms with E-state index in [0.717, 1.165) is 16.7 Å². The summed E-state index contributed by atoms with van der Waals surface area (Å²) in [4.78, 5) is 12.0. The molecule has 0 atom stereocenters. The number of carbonyl (C=O) groups excluding carboxylic acids is 1. The van der Waals surface area contributed by atoms with E-state index in [0.29, 0.717) is 17.2 Å². The highest BCUT2D eigenvalue weighted by molar-refractivity contribution is 5.99. The number of ether oxygens (including phenoxy) is 2. The summed E-state index contributed by atoms with van der Waals surface area (Å²) in [5.74, 6) is 0.747. The number of nitrogens with one attached hydrogen (secondary N) is 1. The Labute approximate surface area is 164 Å². The van der Waals surface area contributed by atoms with Crippen molar-refractivity contribution < 1.29 is 14.3 Å². The number of benzene rings is 3. The van der Waals surface area contributed by atoms with Crippen molar-refractivity contribution in [3.05, 3.63) is 84.4 Å². The average Bonchev–Trinajstić information content (AvgIpc) is 2.77. The van der Waals surface area contributed by atoms with Crippen LogP contribution in [-0.4, -0.2) is 25.3 Å². The topological polar surface area (TPSA) is 59.9 Å². The van der Waals surface area contributed by atoms with Crippen molar-refractivity contribution in [1.82, 2.24) is 5.43 Å². The molecule has 3 rings (SSSR count). The van der Waals surface area contributed by atoms with Gasteiger partial charge in [-0.05, 0) is 35.7 Å². The van der Waals surface area contributed by atoms with Crippen molar-refractivity contribution in [3.8, 4) is 22.6 Å². The number of hydrazone groups is 1. The van der Waals surface area contributed by atoms with Gasteiger partial charge in [0.15, 0.2) is 18.1 Å². The quantitative estimate of drug-likeness (QED) is 0.496. The zero-order chi connectivity index (χ0) is 19.8. The number of methoxy groups -OCH3 is 1. The second kappa shape index (κ2) is 9.37. The van der Waals surface area contributed by atoms with Gasteiger partial charge < -0.3 is 9.47 Å². The normalized spacial score (nSPS) is 11.0. The highest BCUT2D eigenvalue weighted by Crippen LogP contribution is 2.25. The molecule has 0 fully saturated rings. The van der Waals surface area contributed by atoms with Gasteiger partial charge in [0.2, 0.25) is 0 Å². The molecule has 0 saturated heterocycles. The molecule has 0 spiro atoms. The van der Waals surface area contributed by atoms with E-state index in [1.54, 1.807) is 19.2 Å². The molecule has 0 saturated carbocycles. The van der Waals surface area contributed by atoms with E-state index in [2.05, 4.69) is 22.7 Å². The van der Waals surface area contributed by atoms with Gasteiger partial charge in [0.25, 0.3) is 5.91 Å². The third kappa shape index (κ3) is 4.98. The minimum atomic E-state index is -0.342. The molecule has 0 unspecified atom stereocenters. The first-order valence-corrected chi connectivity index (χ1v) is 8.92. The van der Waals surface area contributed by atoms with Crippen LogP contribution >= 0.6 is 0 Å². The Morgan fingerprint density at radius 2 is 1.46 bits per heavy atom. The molecule has 0 aliphatic carbocycles. The number of hydrogen-bond acceptors (Lipinski definition) is 4. The molecular weight excluding hydrogens is 352 g/mol. The Morgan fingerprint density at radius 3 is 2.14 bits per heavy atom. The minimum Gasteiger partial charge on any atom is -0.493 e. The van der Waals surface area contributed by atoms with Crippen molar-refractivity contribution in [2.45, 2.75) is 6.92 Å². The Balaban J connectivity index is 1.57. The number of carbonyl (C=O) groups is 1. The molecule has 28 heavy (non-hydrogen) atoms. The third-order valence-electron chi connectivity index (χ3n) is 4.19. The summed E-state index contributed by atoms with van der Waals surface area (Å²) in [6, 6.07) is 25.4. The monoisotopic (exact) mass is 374 g/mol. The van der Waals surface area contributed by atoms with Crippen LogP contribution in [0.15, 0.2) is 84.0 Å². The first kappa shape index (κ1) is 19.2. The van der Waals surface area contributed by atoms with E-state index in [1.165, 1.54) is 0 Å². The second-order valence-corrected chi connectivity index (χ2v) is 6.12. The van der Waals surface area contributed by atoms with E-state index in [4.69, 9.17) is 9.47 Å². The molecule has 1 N–H and O–H groups in total. The van der Waals surface area contributed by atoms with Gasteiger partial charge in [-0.25, -0.2) is 5.43 Å². The summed E-state index contributed by atoms with van der Waals surface area (Å²) >= 11 is 0. The number of nitrogens with zero attached hydrogens (tertiary/aromatic N) is 1. The van der Waals surface area contributed by atoms with Crippen molar-refractivity contribution in [2.24, 2.45) is 5.10 Å². The van der Waals surface area contributed by atoms with Crippen molar-refractivity contribution in [1.29, 1.82) is 0 Å². The Bertz CT molecular complexity index is 951. The van der Waals surface area contributed by atoms with E-state index in [1.807, 2.05) is 61.5 Å². The molecule has 5 nitrogen and oxygen atoms in total. The lowest BCUT2D eigenvalue weighted by Crippen LogP contribution is -2.25. The summed E-state index contributed by atoms with van der Waals surface area (Å²) in [6.07, 6.45) is 0. The fourth-order valence-corrected chi connectivity index (χ4v) is 2.66. The Hall–Kier alpha value is -3.60. The lowest BCUT2D eigenvalue weighted by molar-refractivity contribution is -0.123. The molecule has 3 aromatic carbocycles. The molecule has 3 aromatic rings. The number of hydrogen-bond donors (Lipinski definition) is 1. The molecule has 0 radical (unpaired) electrons. The molecule has 1 amide bonds. The molecule has 0 aliphatic heterocycles. The van der Waals surface area contributed by atoms with Gasteiger partial charge in [-0.15, -0.1) is 0 Å². The molecule has 5 heteroatoms. The highest BCUT2D eigenvalue weighted by Gasteiger charge is 2.07. The standard InChI is InChI=1S/C23H22N2O3/c1-17(18-12-14-20(15-13-18)19-8-4-3-5-9-19)24-25-23(26)16-28-22-11-7-6-10-21(22)27-2/h3-15H,16H2,1-2H3,(H,25,26). The first-order valence-electron chi connectivity index (χ1n) is 8.92. The van der Waals surface area contributed by atoms with Crippen LogP contribution in [0, 0.1) is 0 Å². The Kier molecular flexibility index (Phi) is 6.41. The van der Waals surface area contributed by atoms with Gasteiger partial charge in [0.05, 0.1) is 12.8 Å². The van der Waals surface area contributed by atoms with Gasteiger partial charge in [-0.2, -0.15) is 5.10 Å². The molecule has 0 aliphatic rings. The summed E-state index contributed by atoms with van der Waals surface area (Å²) < 4.78 is 10.7. The van der Waals surface area contributed by atoms with Gasteiger partial charge in [0.1, 0.15) is 0 Å². The number of para-hydroxylation sites is 2. The molecule has 0 aromatic heterocycles. The van der Waals surface area contributed by atoms with Gasteiger partial charge in [-0.1, -0.05) is 66.7 Å². The van der Waals surface area contributed by atoms with Crippen molar-refractivity contribution >= 4 is 11.6 Å². The van der Waals surface area contributed by atoms with Crippen LogP contribution in [0.1, 0.15) is 12.5 Å². The highest BCUT2D eigenvalue weighted by atomic mass is 16.5. The van der Waals surface area contributed by atoms with Gasteiger partial charge >= 0.3 is 0 Å². The lowest BCUT2D eigenvalue weighted by Gasteiger charge is -2.09. The van der Waals surface area contributed by atoms with Crippen LogP contribution in [-0.2, 0) is 4.79 Å². The van der Waals surface area contributed by atoms with Gasteiger partial charge in [-0.3, -0.25) is 4.79 Å². The second-order valence-electron chi connectivity index (χ2n) is 6.12. The molecule has 142 valence electrons. The summed E-state index contributed by atoms with van der Waals surface area (Å²) in [5.41, 5.74) is 6.46. The molecular formula is C23H22N2O3. The summed E-state index contributed by atoms with van der Waals surface area (Å²) in [7, 11) is 1.55. The maximum atomic E-state index is 12.0. The van der Waals surface area contributed by atoms with Crippen LogP contribution in [0.2, 0.25) is 0 Å². The van der Waals surface area contributed by atoms with Crippen LogP contribution < -0.4 is 14.9 Å². The predicted octanol–water partition coefficient (Wildman–Crippen LogP) is 4.28. The predicted molar refractivity (Wildman–Crippen MR) is 111 cm³/mol. The molecule has 0 bridgehead atoms. The van der Waals surface area contributed by atoms with Crippen LogP contribution in [0.5, 0.6) is 11.5 Å². The Morgan fingerprint density at radius 1 is 0.857 bits per heavy atom. The van der Waals surface area contributed by atoms with Crippen LogP contribution in [0.3, 0.4) is 0 Å². The summed E-state index contributed by atoms with van der Waals surface area (Å²) in [6.45, 7) is 1.70. The van der Waals surface area contributed by atoms with Crippen LogP contribution in [0.25, 0.3) is 11.1 Å². The fourth-order valence-electron chi connectivity index (χ4n) is 2.66.